The lowest BCUT2D eigenvalue weighted by Gasteiger charge is -2.37. The molecular weight excluding hydrogens is 150 g/mol. The second kappa shape index (κ2) is 4.24. The number of hydrogen-bond donors (Lipinski definition) is 1. The summed E-state index contributed by atoms with van der Waals surface area (Å²) in [5.74, 6) is 0.866. The third kappa shape index (κ3) is 2.76. The molecule has 2 unspecified atom stereocenters. The highest BCUT2D eigenvalue weighted by atomic mass is 16.3. The summed E-state index contributed by atoms with van der Waals surface area (Å²) in [6, 6.07) is 0.656. The van der Waals surface area contributed by atoms with Crippen molar-refractivity contribution in [3.8, 4) is 0 Å². The normalized spacial score (nSPS) is 35.0. The zero-order valence-electron chi connectivity index (χ0n) is 8.45. The molecular formula is C10H21NO. The molecule has 0 aromatic carbocycles. The molecule has 0 amide bonds. The standard InChI is InChI=1S/C10H21NO/c1-8-4-5-11(7-10(3)12)9(2)6-8/h8-10,12H,4-7H2,1-3H3/t8?,9?,10-/m0/s1. The van der Waals surface area contributed by atoms with Gasteiger partial charge in [0.15, 0.2) is 0 Å². The molecule has 3 atom stereocenters. The second-order valence-electron chi connectivity index (χ2n) is 4.32. The summed E-state index contributed by atoms with van der Waals surface area (Å²) < 4.78 is 0. The Hall–Kier alpha value is -0.0800. The van der Waals surface area contributed by atoms with E-state index in [9.17, 15) is 5.11 Å². The van der Waals surface area contributed by atoms with Crippen LogP contribution in [0.2, 0.25) is 0 Å². The second-order valence-corrected chi connectivity index (χ2v) is 4.32. The number of likely N-dealkylation sites (tertiary alicyclic amines) is 1. The van der Waals surface area contributed by atoms with Gasteiger partial charge in [-0.1, -0.05) is 6.92 Å². The predicted octanol–water partition coefficient (Wildman–Crippen LogP) is 1.49. The van der Waals surface area contributed by atoms with E-state index in [0.29, 0.717) is 6.04 Å². The van der Waals surface area contributed by atoms with Crippen molar-refractivity contribution in [1.29, 1.82) is 0 Å². The summed E-state index contributed by atoms with van der Waals surface area (Å²) in [7, 11) is 0. The Labute approximate surface area is 75.6 Å². The van der Waals surface area contributed by atoms with E-state index in [1.807, 2.05) is 6.92 Å². The van der Waals surface area contributed by atoms with Gasteiger partial charge in [0, 0.05) is 12.6 Å². The molecule has 0 saturated carbocycles. The van der Waals surface area contributed by atoms with Crippen LogP contribution in [-0.2, 0) is 0 Å². The van der Waals surface area contributed by atoms with Crippen molar-refractivity contribution in [1.82, 2.24) is 4.90 Å². The van der Waals surface area contributed by atoms with E-state index in [1.165, 1.54) is 12.8 Å². The van der Waals surface area contributed by atoms with Gasteiger partial charge in [0.05, 0.1) is 6.10 Å². The largest absolute Gasteiger partial charge is 0.392 e. The topological polar surface area (TPSA) is 23.5 Å². The fourth-order valence-electron chi connectivity index (χ4n) is 2.07. The van der Waals surface area contributed by atoms with Gasteiger partial charge in [-0.15, -0.1) is 0 Å². The average Bonchev–Trinajstić information content (AvgIpc) is 1.94. The van der Waals surface area contributed by atoms with Crippen LogP contribution in [0, 0.1) is 5.92 Å². The monoisotopic (exact) mass is 171 g/mol. The molecule has 1 N–H and O–H groups in total. The van der Waals surface area contributed by atoms with Crippen LogP contribution in [0.25, 0.3) is 0 Å². The number of aliphatic hydroxyl groups excluding tert-OH is 1. The highest BCUT2D eigenvalue weighted by molar-refractivity contribution is 4.77. The zero-order valence-corrected chi connectivity index (χ0v) is 8.45. The lowest BCUT2D eigenvalue weighted by molar-refractivity contribution is 0.0687. The third-order valence-electron chi connectivity index (χ3n) is 2.77. The van der Waals surface area contributed by atoms with Crippen LogP contribution in [0.15, 0.2) is 0 Å². The molecule has 1 rings (SSSR count). The van der Waals surface area contributed by atoms with Gasteiger partial charge in [0.1, 0.15) is 0 Å². The van der Waals surface area contributed by atoms with Gasteiger partial charge in [-0.2, -0.15) is 0 Å². The minimum Gasteiger partial charge on any atom is -0.392 e. The van der Waals surface area contributed by atoms with Crippen LogP contribution in [0.5, 0.6) is 0 Å². The van der Waals surface area contributed by atoms with Crippen LogP contribution in [0.4, 0.5) is 0 Å². The molecule has 0 spiro atoms. The van der Waals surface area contributed by atoms with E-state index in [1.54, 1.807) is 0 Å². The molecule has 2 nitrogen and oxygen atoms in total. The molecule has 1 aliphatic rings. The van der Waals surface area contributed by atoms with Crippen molar-refractivity contribution in [2.75, 3.05) is 13.1 Å². The van der Waals surface area contributed by atoms with Crippen LogP contribution in [-0.4, -0.2) is 35.2 Å². The molecule has 0 aromatic heterocycles. The number of aliphatic hydroxyl groups is 1. The summed E-state index contributed by atoms with van der Waals surface area (Å²) in [5, 5.41) is 9.25. The molecule has 12 heavy (non-hydrogen) atoms. The maximum absolute atomic E-state index is 9.25. The molecule has 0 aromatic rings. The Balaban J connectivity index is 2.34. The fraction of sp³-hybridized carbons (Fsp3) is 1.00. The molecule has 72 valence electrons. The van der Waals surface area contributed by atoms with Crippen LogP contribution in [0.1, 0.15) is 33.6 Å². The average molecular weight is 171 g/mol. The maximum Gasteiger partial charge on any atom is 0.0639 e. The molecule has 2 heteroatoms. The lowest BCUT2D eigenvalue weighted by Crippen LogP contribution is -2.43. The highest BCUT2D eigenvalue weighted by Crippen LogP contribution is 2.21. The number of hydrogen-bond acceptors (Lipinski definition) is 2. The summed E-state index contributed by atoms with van der Waals surface area (Å²) in [4.78, 5) is 2.39. The van der Waals surface area contributed by atoms with Gasteiger partial charge >= 0.3 is 0 Å². The molecule has 1 aliphatic heterocycles. The first kappa shape index (κ1) is 10.0. The first-order chi connectivity index (χ1) is 5.59. The van der Waals surface area contributed by atoms with Crippen molar-refractivity contribution in [3.05, 3.63) is 0 Å². The van der Waals surface area contributed by atoms with E-state index in [-0.39, 0.29) is 6.10 Å². The zero-order chi connectivity index (χ0) is 9.14. The molecule has 1 saturated heterocycles. The van der Waals surface area contributed by atoms with Gasteiger partial charge in [0.2, 0.25) is 0 Å². The lowest BCUT2D eigenvalue weighted by atomic mass is 9.93. The highest BCUT2D eigenvalue weighted by Gasteiger charge is 2.23. The van der Waals surface area contributed by atoms with E-state index < -0.39 is 0 Å². The quantitative estimate of drug-likeness (QED) is 0.680. The van der Waals surface area contributed by atoms with Crippen molar-refractivity contribution in [2.24, 2.45) is 5.92 Å². The predicted molar refractivity (Wildman–Crippen MR) is 51.1 cm³/mol. The Morgan fingerprint density at radius 2 is 2.17 bits per heavy atom. The van der Waals surface area contributed by atoms with Crippen molar-refractivity contribution >= 4 is 0 Å². The fourth-order valence-corrected chi connectivity index (χ4v) is 2.07. The van der Waals surface area contributed by atoms with Gasteiger partial charge < -0.3 is 5.11 Å². The molecule has 0 radical (unpaired) electrons. The minimum atomic E-state index is -0.180. The minimum absolute atomic E-state index is 0.180. The van der Waals surface area contributed by atoms with Gasteiger partial charge in [-0.05, 0) is 39.2 Å². The van der Waals surface area contributed by atoms with Gasteiger partial charge in [0.25, 0.3) is 0 Å². The Morgan fingerprint density at radius 1 is 1.50 bits per heavy atom. The molecule has 0 bridgehead atoms. The van der Waals surface area contributed by atoms with E-state index in [0.717, 1.165) is 19.0 Å². The van der Waals surface area contributed by atoms with Crippen LogP contribution >= 0.6 is 0 Å². The maximum atomic E-state index is 9.25. The number of piperidine rings is 1. The molecule has 1 fully saturated rings. The van der Waals surface area contributed by atoms with E-state index in [4.69, 9.17) is 0 Å². The summed E-state index contributed by atoms with van der Waals surface area (Å²) in [6.45, 7) is 8.44. The number of β-amino-alcohol motifs (C(OH)–C–C–N with tert-alkyl or cyclic N) is 1. The summed E-state index contributed by atoms with van der Waals surface area (Å²) in [6.07, 6.45) is 2.39. The Kier molecular flexibility index (Phi) is 3.53. The van der Waals surface area contributed by atoms with Gasteiger partial charge in [-0.3, -0.25) is 4.90 Å². The third-order valence-corrected chi connectivity index (χ3v) is 2.77. The first-order valence-corrected chi connectivity index (χ1v) is 5.01. The first-order valence-electron chi connectivity index (χ1n) is 5.01. The van der Waals surface area contributed by atoms with Crippen LogP contribution < -0.4 is 0 Å². The summed E-state index contributed by atoms with van der Waals surface area (Å²) >= 11 is 0. The molecule has 1 heterocycles. The number of rotatable bonds is 2. The van der Waals surface area contributed by atoms with Crippen molar-refractivity contribution in [2.45, 2.75) is 45.8 Å². The molecule has 0 aliphatic carbocycles. The van der Waals surface area contributed by atoms with E-state index in [2.05, 4.69) is 18.7 Å². The summed E-state index contributed by atoms with van der Waals surface area (Å²) in [5.41, 5.74) is 0. The van der Waals surface area contributed by atoms with Gasteiger partial charge in [-0.25, -0.2) is 0 Å². The SMILES string of the molecule is CC1CCN(C[C@H](C)O)C(C)C1. The number of nitrogens with zero attached hydrogens (tertiary/aromatic N) is 1. The Morgan fingerprint density at radius 3 is 2.67 bits per heavy atom. The van der Waals surface area contributed by atoms with E-state index >= 15 is 0 Å². The smallest absolute Gasteiger partial charge is 0.0639 e. The Bertz CT molecular complexity index is 136. The van der Waals surface area contributed by atoms with Crippen molar-refractivity contribution < 1.29 is 5.11 Å². The van der Waals surface area contributed by atoms with Crippen LogP contribution in [0.3, 0.4) is 0 Å². The van der Waals surface area contributed by atoms with Crippen molar-refractivity contribution in [3.63, 3.8) is 0 Å².